The lowest BCUT2D eigenvalue weighted by atomic mass is 9.85. The van der Waals surface area contributed by atoms with Crippen LogP contribution in [0.2, 0.25) is 0 Å². The van der Waals surface area contributed by atoms with Gasteiger partial charge in [0.05, 0.1) is 12.0 Å². The van der Waals surface area contributed by atoms with Gasteiger partial charge in [-0.1, -0.05) is 47.5 Å². The van der Waals surface area contributed by atoms with Gasteiger partial charge in [0.15, 0.2) is 0 Å². The summed E-state index contributed by atoms with van der Waals surface area (Å²) in [5.41, 5.74) is 0.311. The minimum atomic E-state index is -0.538. The maximum atomic E-state index is 11.7. The van der Waals surface area contributed by atoms with Crippen LogP contribution in [0.15, 0.2) is 0 Å². The first kappa shape index (κ1) is 20.4. The van der Waals surface area contributed by atoms with Crippen molar-refractivity contribution in [3.05, 3.63) is 0 Å². The largest absolute Gasteiger partial charge is 0.393 e. The van der Waals surface area contributed by atoms with E-state index in [1.807, 2.05) is 13.8 Å². The molecule has 0 saturated carbocycles. The minimum absolute atomic E-state index is 0.242. The zero-order chi connectivity index (χ0) is 16.5. The molecular formula is C17H34O4. The van der Waals surface area contributed by atoms with Crippen molar-refractivity contribution in [1.82, 2.24) is 0 Å². The highest BCUT2D eigenvalue weighted by molar-refractivity contribution is 5.71. The molecule has 0 aromatic carbocycles. The van der Waals surface area contributed by atoms with E-state index in [1.54, 1.807) is 0 Å². The highest BCUT2D eigenvalue weighted by atomic mass is 17.1. The lowest BCUT2D eigenvalue weighted by Gasteiger charge is -2.21. The minimum Gasteiger partial charge on any atom is -0.393 e. The van der Waals surface area contributed by atoms with Crippen LogP contribution in [0.4, 0.5) is 0 Å². The van der Waals surface area contributed by atoms with Gasteiger partial charge >= 0.3 is 5.97 Å². The number of aliphatic hydroxyl groups is 1. The summed E-state index contributed by atoms with van der Waals surface area (Å²) in [5.74, 6) is -0.565. The lowest BCUT2D eigenvalue weighted by molar-refractivity contribution is -0.239. The smallest absolute Gasteiger partial charge is 0.345 e. The van der Waals surface area contributed by atoms with Crippen LogP contribution in [0.5, 0.6) is 0 Å². The molecule has 0 aliphatic heterocycles. The molecule has 0 rings (SSSR count). The van der Waals surface area contributed by atoms with Gasteiger partial charge in [0.1, 0.15) is 0 Å². The molecule has 2 N–H and O–H groups in total. The SMILES string of the molecule is CCC(O)CC(C)CC(CCCCC(C)(C)C)C(=O)OO. The Labute approximate surface area is 129 Å². The molecule has 3 atom stereocenters. The second kappa shape index (κ2) is 10.2. The first-order valence-electron chi connectivity index (χ1n) is 8.23. The van der Waals surface area contributed by atoms with Crippen LogP contribution in [0.3, 0.4) is 0 Å². The Hall–Kier alpha value is -0.610. The van der Waals surface area contributed by atoms with Gasteiger partial charge in [0.2, 0.25) is 0 Å². The van der Waals surface area contributed by atoms with Crippen LogP contribution in [-0.2, 0) is 9.68 Å². The summed E-state index contributed by atoms with van der Waals surface area (Å²) in [6.07, 6.45) is 5.65. The number of unbranched alkanes of at least 4 members (excludes halogenated alkanes) is 1. The first-order chi connectivity index (χ1) is 9.69. The molecule has 0 spiro atoms. The number of hydrogen-bond donors (Lipinski definition) is 2. The third-order valence-electron chi connectivity index (χ3n) is 3.99. The zero-order valence-corrected chi connectivity index (χ0v) is 14.4. The maximum Gasteiger partial charge on any atom is 0.345 e. The molecule has 0 aliphatic rings. The molecule has 21 heavy (non-hydrogen) atoms. The van der Waals surface area contributed by atoms with E-state index < -0.39 is 5.97 Å². The quantitative estimate of drug-likeness (QED) is 0.356. The van der Waals surface area contributed by atoms with Crippen LogP contribution in [0.25, 0.3) is 0 Å². The Kier molecular flexibility index (Phi) is 9.88. The van der Waals surface area contributed by atoms with Crippen molar-refractivity contribution in [2.45, 2.75) is 85.7 Å². The fraction of sp³-hybridized carbons (Fsp3) is 0.941. The average Bonchev–Trinajstić information content (AvgIpc) is 2.39. The number of aliphatic hydroxyl groups excluding tert-OH is 1. The maximum absolute atomic E-state index is 11.7. The van der Waals surface area contributed by atoms with Gasteiger partial charge in [-0.25, -0.2) is 4.79 Å². The number of carbonyl (C=O) groups is 1. The molecule has 0 saturated heterocycles. The molecule has 0 amide bonds. The van der Waals surface area contributed by atoms with Crippen molar-refractivity contribution >= 4 is 5.97 Å². The molecule has 0 fully saturated rings. The third kappa shape index (κ3) is 10.7. The highest BCUT2D eigenvalue weighted by Gasteiger charge is 2.24. The number of carbonyl (C=O) groups excluding carboxylic acids is 1. The van der Waals surface area contributed by atoms with E-state index in [0.717, 1.165) is 32.1 Å². The summed E-state index contributed by atoms with van der Waals surface area (Å²) >= 11 is 0. The Balaban J connectivity index is 4.24. The van der Waals surface area contributed by atoms with Gasteiger partial charge in [-0.2, -0.15) is 5.26 Å². The van der Waals surface area contributed by atoms with Crippen LogP contribution in [0, 0.1) is 17.3 Å². The third-order valence-corrected chi connectivity index (χ3v) is 3.99. The highest BCUT2D eigenvalue weighted by Crippen LogP contribution is 2.26. The summed E-state index contributed by atoms with van der Waals surface area (Å²) < 4.78 is 0. The number of rotatable bonds is 10. The van der Waals surface area contributed by atoms with Gasteiger partial charge in [-0.15, -0.1) is 0 Å². The lowest BCUT2D eigenvalue weighted by Crippen LogP contribution is -2.21. The van der Waals surface area contributed by atoms with Crippen molar-refractivity contribution < 1.29 is 20.0 Å². The van der Waals surface area contributed by atoms with Gasteiger partial charge in [-0.05, 0) is 43.4 Å². The van der Waals surface area contributed by atoms with E-state index in [4.69, 9.17) is 5.26 Å². The normalized spacial score (nSPS) is 16.3. The van der Waals surface area contributed by atoms with Crippen LogP contribution >= 0.6 is 0 Å². The van der Waals surface area contributed by atoms with Crippen molar-refractivity contribution in [2.24, 2.45) is 17.3 Å². The van der Waals surface area contributed by atoms with Crippen LogP contribution in [0.1, 0.15) is 79.6 Å². The summed E-state index contributed by atoms with van der Waals surface area (Å²) in [4.78, 5) is 15.6. The van der Waals surface area contributed by atoms with E-state index in [0.29, 0.717) is 18.3 Å². The molecule has 4 nitrogen and oxygen atoms in total. The van der Waals surface area contributed by atoms with Gasteiger partial charge in [0, 0.05) is 0 Å². The standard InChI is InChI=1S/C17H34O4/c1-6-15(18)12-13(2)11-14(16(19)21-20)9-7-8-10-17(3,4)5/h13-15,18,20H,6-12H2,1-5H3. The predicted molar refractivity (Wildman–Crippen MR) is 84.8 cm³/mol. The molecule has 0 radical (unpaired) electrons. The van der Waals surface area contributed by atoms with Crippen molar-refractivity contribution in [3.63, 3.8) is 0 Å². The van der Waals surface area contributed by atoms with Crippen molar-refractivity contribution in [3.8, 4) is 0 Å². The fourth-order valence-electron chi connectivity index (χ4n) is 2.67. The van der Waals surface area contributed by atoms with Crippen molar-refractivity contribution in [1.29, 1.82) is 0 Å². The molecule has 4 heteroatoms. The average molecular weight is 302 g/mol. The van der Waals surface area contributed by atoms with Crippen molar-refractivity contribution in [2.75, 3.05) is 0 Å². The Morgan fingerprint density at radius 3 is 2.29 bits per heavy atom. The van der Waals surface area contributed by atoms with E-state index in [1.165, 1.54) is 0 Å². The molecule has 0 aliphatic carbocycles. The van der Waals surface area contributed by atoms with Crippen LogP contribution < -0.4 is 0 Å². The Morgan fingerprint density at radius 1 is 1.19 bits per heavy atom. The number of hydrogen-bond acceptors (Lipinski definition) is 4. The summed E-state index contributed by atoms with van der Waals surface area (Å²) in [7, 11) is 0. The van der Waals surface area contributed by atoms with Gasteiger partial charge in [-0.3, -0.25) is 0 Å². The van der Waals surface area contributed by atoms with E-state index in [9.17, 15) is 9.90 Å². The molecule has 3 unspecified atom stereocenters. The summed E-state index contributed by atoms with van der Waals surface area (Å²) in [6.45, 7) is 10.6. The zero-order valence-electron chi connectivity index (χ0n) is 14.4. The molecule has 126 valence electrons. The Bertz CT molecular complexity index is 283. The Morgan fingerprint density at radius 2 is 1.81 bits per heavy atom. The van der Waals surface area contributed by atoms with Gasteiger partial charge in [0.25, 0.3) is 0 Å². The monoisotopic (exact) mass is 302 g/mol. The fourth-order valence-corrected chi connectivity index (χ4v) is 2.67. The summed E-state index contributed by atoms with van der Waals surface area (Å²) in [6, 6.07) is 0. The molecule has 0 bridgehead atoms. The molecule has 0 heterocycles. The predicted octanol–water partition coefficient (Wildman–Crippen LogP) is 4.41. The van der Waals surface area contributed by atoms with Crippen LogP contribution in [-0.4, -0.2) is 22.4 Å². The van der Waals surface area contributed by atoms with E-state index >= 15 is 0 Å². The topological polar surface area (TPSA) is 66.8 Å². The molecule has 0 aromatic rings. The molecule has 0 aromatic heterocycles. The van der Waals surface area contributed by atoms with E-state index in [2.05, 4.69) is 25.7 Å². The van der Waals surface area contributed by atoms with Gasteiger partial charge < -0.3 is 9.99 Å². The first-order valence-corrected chi connectivity index (χ1v) is 8.23. The molecular weight excluding hydrogens is 268 g/mol. The summed E-state index contributed by atoms with van der Waals surface area (Å²) in [5, 5.41) is 18.3. The van der Waals surface area contributed by atoms with E-state index in [-0.39, 0.29) is 17.9 Å². The second-order valence-corrected chi connectivity index (χ2v) is 7.55. The second-order valence-electron chi connectivity index (χ2n) is 7.55.